The Morgan fingerprint density at radius 1 is 0.595 bits per heavy atom. The summed E-state index contributed by atoms with van der Waals surface area (Å²) in [5.74, 6) is 1.17. The molecule has 0 spiro atoms. The molecule has 42 heavy (non-hydrogen) atoms. The van der Waals surface area contributed by atoms with Crippen LogP contribution in [0.4, 0.5) is 0 Å². The van der Waals surface area contributed by atoms with E-state index in [1.807, 2.05) is 65.3 Å². The summed E-state index contributed by atoms with van der Waals surface area (Å²) < 4.78 is 10.6. The van der Waals surface area contributed by atoms with E-state index in [-0.39, 0.29) is 21.1 Å². The summed E-state index contributed by atoms with van der Waals surface area (Å²) in [5, 5.41) is 4.94. The van der Waals surface area contributed by atoms with Gasteiger partial charge in [-0.15, -0.1) is 12.1 Å². The molecule has 0 unspecified atom stereocenters. The molecule has 6 nitrogen and oxygen atoms in total. The second-order valence-electron chi connectivity index (χ2n) is 10.0. The molecule has 5 heterocycles. The van der Waals surface area contributed by atoms with Gasteiger partial charge in [0.1, 0.15) is 0 Å². The van der Waals surface area contributed by atoms with Crippen molar-refractivity contribution in [2.24, 2.45) is 0 Å². The molecule has 0 N–H and O–H groups in total. The topological polar surface area (TPSA) is 56.7 Å². The summed E-state index contributed by atoms with van der Waals surface area (Å²) in [6, 6.07) is 37.6. The third kappa shape index (κ3) is 3.65. The van der Waals surface area contributed by atoms with Crippen molar-refractivity contribution >= 4 is 54.8 Å². The Labute approximate surface area is 254 Å². The summed E-state index contributed by atoms with van der Waals surface area (Å²) in [6.45, 7) is 0. The zero-order valence-corrected chi connectivity index (χ0v) is 24.2. The number of hydrogen-bond acceptors (Lipinski definition) is 4. The molecule has 0 saturated carbocycles. The maximum Gasteiger partial charge on any atom is 2.00 e. The van der Waals surface area contributed by atoms with Crippen LogP contribution in [0.3, 0.4) is 0 Å². The number of aromatic nitrogens is 5. The summed E-state index contributed by atoms with van der Waals surface area (Å²) in [5.41, 5.74) is 6.63. The standard InChI is InChI=1S/C35H19N5O.Pt/c1-2-7-22(8-3-1)30-21-40-31-10-5-4-9-26(31)25-14-12-23(19-28(25)35(40)38-30)41-24-13-15-27-29(20-24)34-37-17-18-39(34)32-11-6-16-36-33(27)32;/h1-18,21H;/q-2;+2. The number of nitrogens with zero attached hydrogens (tertiary/aromatic N) is 5. The molecule has 9 aromatic rings. The fourth-order valence-corrected chi connectivity index (χ4v) is 5.84. The molecular weight excluding hydrogens is 701 g/mol. The van der Waals surface area contributed by atoms with E-state index in [1.165, 1.54) is 0 Å². The van der Waals surface area contributed by atoms with Crippen molar-refractivity contribution in [1.29, 1.82) is 0 Å². The number of pyridine rings is 3. The molecule has 9 rings (SSSR count). The number of fused-ring (bicyclic) bond motifs is 12. The van der Waals surface area contributed by atoms with Crippen molar-refractivity contribution in [3.05, 3.63) is 128 Å². The molecule has 0 aliphatic heterocycles. The van der Waals surface area contributed by atoms with Gasteiger partial charge in [-0.3, -0.25) is 15.0 Å². The van der Waals surface area contributed by atoms with E-state index in [0.29, 0.717) is 11.5 Å². The minimum Gasteiger partial charge on any atom is -0.497 e. The van der Waals surface area contributed by atoms with Crippen LogP contribution in [0.25, 0.3) is 66.0 Å². The van der Waals surface area contributed by atoms with Crippen LogP contribution in [0.5, 0.6) is 11.5 Å². The molecule has 200 valence electrons. The van der Waals surface area contributed by atoms with Crippen LogP contribution in [0.15, 0.2) is 116 Å². The number of benzene rings is 4. The van der Waals surface area contributed by atoms with Gasteiger partial charge in [0.25, 0.3) is 0 Å². The van der Waals surface area contributed by atoms with Gasteiger partial charge < -0.3 is 13.5 Å². The van der Waals surface area contributed by atoms with Gasteiger partial charge >= 0.3 is 21.1 Å². The van der Waals surface area contributed by atoms with Crippen molar-refractivity contribution in [2.45, 2.75) is 0 Å². The molecule has 0 aliphatic rings. The SMILES string of the molecule is [Pt+2].[c-]1c(Oc2[c-]c3c(cc2)c2ncccc2n2ccnc32)ccc2c1c1nc(-c3ccccc3)cn1c1ccccc21. The summed E-state index contributed by atoms with van der Waals surface area (Å²) in [7, 11) is 0. The van der Waals surface area contributed by atoms with Crippen LogP contribution in [0, 0.1) is 12.1 Å². The van der Waals surface area contributed by atoms with Gasteiger partial charge in [0.2, 0.25) is 0 Å². The Morgan fingerprint density at radius 2 is 1.33 bits per heavy atom. The Hall–Kier alpha value is -5.06. The van der Waals surface area contributed by atoms with E-state index in [1.54, 1.807) is 6.20 Å². The molecule has 0 radical (unpaired) electrons. The number of rotatable bonds is 3. The van der Waals surface area contributed by atoms with Crippen molar-refractivity contribution in [1.82, 2.24) is 23.8 Å². The molecule has 0 amide bonds. The summed E-state index contributed by atoms with van der Waals surface area (Å²) in [6.07, 6.45) is 7.64. The van der Waals surface area contributed by atoms with Gasteiger partial charge in [0.15, 0.2) is 0 Å². The zero-order chi connectivity index (χ0) is 26.9. The number of ether oxygens (including phenoxy) is 1. The quantitative estimate of drug-likeness (QED) is 0.137. The zero-order valence-electron chi connectivity index (χ0n) is 21.9. The first kappa shape index (κ1) is 24.7. The van der Waals surface area contributed by atoms with Gasteiger partial charge in [0, 0.05) is 47.4 Å². The molecule has 0 fully saturated rings. The fraction of sp³-hybridized carbons (Fsp3) is 0. The first-order chi connectivity index (χ1) is 20.3. The average molecular weight is 721 g/mol. The number of para-hydroxylation sites is 1. The largest absolute Gasteiger partial charge is 2.00 e. The van der Waals surface area contributed by atoms with Crippen LogP contribution < -0.4 is 4.74 Å². The molecular formula is C35H19N5OPt. The maximum absolute atomic E-state index is 6.38. The maximum atomic E-state index is 6.38. The van der Waals surface area contributed by atoms with E-state index in [4.69, 9.17) is 9.72 Å². The van der Waals surface area contributed by atoms with E-state index in [0.717, 1.165) is 66.0 Å². The van der Waals surface area contributed by atoms with Gasteiger partial charge in [-0.05, 0) is 23.6 Å². The minimum absolute atomic E-state index is 0. The molecule has 0 bridgehead atoms. The molecule has 4 aromatic carbocycles. The van der Waals surface area contributed by atoms with Gasteiger partial charge in [-0.25, -0.2) is 0 Å². The van der Waals surface area contributed by atoms with Crippen LogP contribution in [-0.4, -0.2) is 23.8 Å². The van der Waals surface area contributed by atoms with Crippen molar-refractivity contribution in [3.8, 4) is 22.8 Å². The summed E-state index contributed by atoms with van der Waals surface area (Å²) >= 11 is 0. The Bertz CT molecular complexity index is 2460. The minimum atomic E-state index is 0. The average Bonchev–Trinajstić information content (AvgIpc) is 3.71. The molecule has 0 atom stereocenters. The van der Waals surface area contributed by atoms with E-state index < -0.39 is 0 Å². The molecule has 7 heteroatoms. The predicted octanol–water partition coefficient (Wildman–Crippen LogP) is 8.05. The Balaban J connectivity index is 0.00000267. The third-order valence-corrected chi connectivity index (χ3v) is 7.68. The Kier molecular flexibility index (Phi) is 5.59. The van der Waals surface area contributed by atoms with Crippen LogP contribution >= 0.6 is 0 Å². The molecule has 0 saturated heterocycles. The summed E-state index contributed by atoms with van der Waals surface area (Å²) in [4.78, 5) is 14.3. The number of hydrogen-bond donors (Lipinski definition) is 0. The first-order valence-electron chi connectivity index (χ1n) is 13.4. The normalized spacial score (nSPS) is 11.6. The van der Waals surface area contributed by atoms with Crippen molar-refractivity contribution < 1.29 is 25.8 Å². The van der Waals surface area contributed by atoms with Crippen LogP contribution in [0.2, 0.25) is 0 Å². The second kappa shape index (κ2) is 9.50. The van der Waals surface area contributed by atoms with Gasteiger partial charge in [-0.2, -0.15) is 0 Å². The molecule has 5 aromatic heterocycles. The first-order valence-corrected chi connectivity index (χ1v) is 13.4. The predicted molar refractivity (Wildman–Crippen MR) is 161 cm³/mol. The fourth-order valence-electron chi connectivity index (χ4n) is 5.84. The smallest absolute Gasteiger partial charge is 0.497 e. The van der Waals surface area contributed by atoms with E-state index in [9.17, 15) is 0 Å². The van der Waals surface area contributed by atoms with Crippen LogP contribution in [0.1, 0.15) is 0 Å². The number of imidazole rings is 2. The van der Waals surface area contributed by atoms with Gasteiger partial charge in [-0.1, -0.05) is 94.3 Å². The Morgan fingerprint density at radius 3 is 2.19 bits per heavy atom. The van der Waals surface area contributed by atoms with Gasteiger partial charge in [0.05, 0.1) is 28.0 Å². The monoisotopic (exact) mass is 720 g/mol. The second-order valence-corrected chi connectivity index (χ2v) is 10.0. The molecule has 0 aliphatic carbocycles. The van der Waals surface area contributed by atoms with Crippen molar-refractivity contribution in [2.75, 3.05) is 0 Å². The third-order valence-electron chi connectivity index (χ3n) is 7.68. The van der Waals surface area contributed by atoms with Crippen LogP contribution in [-0.2, 0) is 21.1 Å². The van der Waals surface area contributed by atoms with E-state index in [2.05, 4.69) is 75.2 Å². The van der Waals surface area contributed by atoms with Crippen molar-refractivity contribution in [3.63, 3.8) is 0 Å². The van der Waals surface area contributed by atoms with E-state index >= 15 is 0 Å².